The predicted octanol–water partition coefficient (Wildman–Crippen LogP) is 3.33. The highest BCUT2D eigenvalue weighted by molar-refractivity contribution is 5.28. The summed E-state index contributed by atoms with van der Waals surface area (Å²) in [5.41, 5.74) is 3.76. The Bertz CT molecular complexity index is 503. The summed E-state index contributed by atoms with van der Waals surface area (Å²) < 4.78 is 2.08. The maximum atomic E-state index is 9.22. The molecule has 96 valence electrons. The third-order valence-corrected chi connectivity index (χ3v) is 3.26. The molecule has 0 unspecified atom stereocenters. The van der Waals surface area contributed by atoms with Crippen LogP contribution in [-0.2, 0) is 18.6 Å². The molecule has 2 nitrogen and oxygen atoms in total. The Morgan fingerprint density at radius 2 is 1.72 bits per heavy atom. The van der Waals surface area contributed by atoms with Crippen LogP contribution in [0.1, 0.15) is 37.6 Å². The van der Waals surface area contributed by atoms with E-state index in [1.165, 1.54) is 11.1 Å². The van der Waals surface area contributed by atoms with Crippen LogP contribution in [-0.4, -0.2) is 9.67 Å². The van der Waals surface area contributed by atoms with E-state index in [0.29, 0.717) is 0 Å². The minimum absolute atomic E-state index is 0.0904. The van der Waals surface area contributed by atoms with E-state index in [1.807, 2.05) is 18.3 Å². The SMILES string of the molecule is CC(C)(C)c1ccc(Cn2cccc2CO)cc1. The van der Waals surface area contributed by atoms with Crippen LogP contribution in [0.3, 0.4) is 0 Å². The fourth-order valence-corrected chi connectivity index (χ4v) is 2.05. The van der Waals surface area contributed by atoms with Crippen LogP contribution in [0.25, 0.3) is 0 Å². The lowest BCUT2D eigenvalue weighted by Gasteiger charge is -2.19. The van der Waals surface area contributed by atoms with Gasteiger partial charge in [0.1, 0.15) is 0 Å². The van der Waals surface area contributed by atoms with Crippen LogP contribution in [0.4, 0.5) is 0 Å². The molecule has 0 atom stereocenters. The van der Waals surface area contributed by atoms with Crippen molar-refractivity contribution in [3.05, 3.63) is 59.4 Å². The Morgan fingerprint density at radius 3 is 2.28 bits per heavy atom. The number of aliphatic hydroxyl groups excluding tert-OH is 1. The van der Waals surface area contributed by atoms with E-state index in [1.54, 1.807) is 0 Å². The highest BCUT2D eigenvalue weighted by atomic mass is 16.3. The first-order valence-corrected chi connectivity index (χ1v) is 6.35. The monoisotopic (exact) mass is 243 g/mol. The quantitative estimate of drug-likeness (QED) is 0.879. The second-order valence-corrected chi connectivity index (χ2v) is 5.73. The smallest absolute Gasteiger partial charge is 0.0832 e. The predicted molar refractivity (Wildman–Crippen MR) is 74.6 cm³/mol. The van der Waals surface area contributed by atoms with Crippen LogP contribution in [0.15, 0.2) is 42.6 Å². The summed E-state index contributed by atoms with van der Waals surface area (Å²) in [6, 6.07) is 12.6. The van der Waals surface area contributed by atoms with E-state index >= 15 is 0 Å². The minimum atomic E-state index is 0.0904. The van der Waals surface area contributed by atoms with Crippen LogP contribution < -0.4 is 0 Å². The zero-order valence-electron chi connectivity index (χ0n) is 11.4. The van der Waals surface area contributed by atoms with Gasteiger partial charge in [-0.05, 0) is 28.7 Å². The van der Waals surface area contributed by atoms with E-state index < -0.39 is 0 Å². The van der Waals surface area contributed by atoms with Crippen molar-refractivity contribution in [2.45, 2.75) is 39.3 Å². The average molecular weight is 243 g/mol. The molecule has 2 rings (SSSR count). The fourth-order valence-electron chi connectivity index (χ4n) is 2.05. The summed E-state index contributed by atoms with van der Waals surface area (Å²) >= 11 is 0. The van der Waals surface area contributed by atoms with E-state index in [0.717, 1.165) is 12.2 Å². The zero-order valence-corrected chi connectivity index (χ0v) is 11.4. The summed E-state index contributed by atoms with van der Waals surface area (Å²) in [7, 11) is 0. The Balaban J connectivity index is 2.16. The van der Waals surface area contributed by atoms with Gasteiger partial charge >= 0.3 is 0 Å². The van der Waals surface area contributed by atoms with Gasteiger partial charge < -0.3 is 9.67 Å². The summed E-state index contributed by atoms with van der Waals surface area (Å²) in [5.74, 6) is 0. The van der Waals surface area contributed by atoms with Gasteiger partial charge in [0, 0.05) is 18.4 Å². The van der Waals surface area contributed by atoms with Crippen molar-refractivity contribution in [2.75, 3.05) is 0 Å². The molecule has 0 saturated heterocycles. The van der Waals surface area contributed by atoms with Crippen molar-refractivity contribution < 1.29 is 5.11 Å². The molecule has 0 amide bonds. The summed E-state index contributed by atoms with van der Waals surface area (Å²) in [6.07, 6.45) is 2.00. The summed E-state index contributed by atoms with van der Waals surface area (Å²) in [5, 5.41) is 9.22. The molecule has 1 N–H and O–H groups in total. The zero-order chi connectivity index (χ0) is 13.2. The molecule has 0 radical (unpaired) electrons. The first kappa shape index (κ1) is 12.9. The number of hydrogen-bond donors (Lipinski definition) is 1. The molecule has 0 bridgehead atoms. The Morgan fingerprint density at radius 1 is 1.06 bits per heavy atom. The molecule has 2 heteroatoms. The van der Waals surface area contributed by atoms with Crippen molar-refractivity contribution in [3.63, 3.8) is 0 Å². The average Bonchev–Trinajstić information content (AvgIpc) is 2.76. The van der Waals surface area contributed by atoms with E-state index in [9.17, 15) is 5.11 Å². The molecular weight excluding hydrogens is 222 g/mol. The molecule has 1 heterocycles. The van der Waals surface area contributed by atoms with Crippen molar-refractivity contribution >= 4 is 0 Å². The molecule has 0 aliphatic carbocycles. The molecule has 2 aromatic rings. The molecule has 1 aromatic carbocycles. The van der Waals surface area contributed by atoms with Crippen LogP contribution in [0.2, 0.25) is 0 Å². The van der Waals surface area contributed by atoms with Gasteiger partial charge in [0.15, 0.2) is 0 Å². The maximum absolute atomic E-state index is 9.22. The standard InChI is InChI=1S/C16H21NO/c1-16(2,3)14-8-6-13(7-9-14)11-17-10-4-5-15(17)12-18/h4-10,18H,11-12H2,1-3H3. The highest BCUT2D eigenvalue weighted by Gasteiger charge is 2.12. The maximum Gasteiger partial charge on any atom is 0.0832 e. The number of aromatic nitrogens is 1. The lowest BCUT2D eigenvalue weighted by atomic mass is 9.87. The van der Waals surface area contributed by atoms with Crippen molar-refractivity contribution in [1.29, 1.82) is 0 Å². The topological polar surface area (TPSA) is 25.2 Å². The molecule has 0 spiro atoms. The molecule has 0 aliphatic heterocycles. The van der Waals surface area contributed by atoms with E-state index in [4.69, 9.17) is 0 Å². The van der Waals surface area contributed by atoms with Gasteiger partial charge in [-0.15, -0.1) is 0 Å². The molecule has 0 fully saturated rings. The Labute approximate surface area is 109 Å². The van der Waals surface area contributed by atoms with E-state index in [-0.39, 0.29) is 12.0 Å². The number of rotatable bonds is 3. The lowest BCUT2D eigenvalue weighted by Crippen LogP contribution is -2.11. The first-order valence-electron chi connectivity index (χ1n) is 6.35. The van der Waals surface area contributed by atoms with Crippen LogP contribution in [0.5, 0.6) is 0 Å². The van der Waals surface area contributed by atoms with E-state index in [2.05, 4.69) is 49.6 Å². The summed E-state index contributed by atoms with van der Waals surface area (Å²) in [6.45, 7) is 7.56. The second-order valence-electron chi connectivity index (χ2n) is 5.73. The lowest BCUT2D eigenvalue weighted by molar-refractivity contribution is 0.271. The number of aliphatic hydroxyl groups is 1. The molecule has 0 aliphatic rings. The van der Waals surface area contributed by atoms with Crippen molar-refractivity contribution in [2.24, 2.45) is 0 Å². The number of hydrogen-bond acceptors (Lipinski definition) is 1. The van der Waals surface area contributed by atoms with Crippen molar-refractivity contribution in [1.82, 2.24) is 4.57 Å². The third kappa shape index (κ3) is 2.82. The van der Waals surface area contributed by atoms with Gasteiger partial charge in [-0.2, -0.15) is 0 Å². The molecule has 1 aromatic heterocycles. The minimum Gasteiger partial charge on any atom is -0.390 e. The molecular formula is C16H21NO. The normalized spacial score (nSPS) is 11.8. The van der Waals surface area contributed by atoms with Gasteiger partial charge in [-0.25, -0.2) is 0 Å². The van der Waals surface area contributed by atoms with Gasteiger partial charge in [0.25, 0.3) is 0 Å². The summed E-state index contributed by atoms with van der Waals surface area (Å²) in [4.78, 5) is 0. The highest BCUT2D eigenvalue weighted by Crippen LogP contribution is 2.22. The first-order chi connectivity index (χ1) is 8.50. The Hall–Kier alpha value is -1.54. The number of nitrogens with zero attached hydrogens (tertiary/aromatic N) is 1. The van der Waals surface area contributed by atoms with Gasteiger partial charge in [0.05, 0.1) is 6.61 Å². The van der Waals surface area contributed by atoms with Crippen LogP contribution >= 0.6 is 0 Å². The third-order valence-electron chi connectivity index (χ3n) is 3.26. The van der Waals surface area contributed by atoms with Crippen molar-refractivity contribution in [3.8, 4) is 0 Å². The molecule has 18 heavy (non-hydrogen) atoms. The molecule has 0 saturated carbocycles. The number of benzene rings is 1. The second kappa shape index (κ2) is 4.99. The van der Waals surface area contributed by atoms with Gasteiger partial charge in [-0.3, -0.25) is 0 Å². The Kier molecular flexibility index (Phi) is 3.58. The largest absolute Gasteiger partial charge is 0.390 e. The van der Waals surface area contributed by atoms with Crippen LogP contribution in [0, 0.1) is 0 Å². The fraction of sp³-hybridized carbons (Fsp3) is 0.375. The van der Waals surface area contributed by atoms with Gasteiger partial charge in [-0.1, -0.05) is 45.0 Å². The van der Waals surface area contributed by atoms with Gasteiger partial charge in [0.2, 0.25) is 0 Å².